The lowest BCUT2D eigenvalue weighted by Crippen LogP contribution is -2.20. The Balaban J connectivity index is 1.74. The number of carbonyl (C=O) groups is 1. The summed E-state index contributed by atoms with van der Waals surface area (Å²) in [5.74, 6) is 6.36. The molecule has 3 aromatic rings. The number of nitrogens with one attached hydrogen (secondary N) is 2. The molecule has 0 aliphatic rings. The maximum atomic E-state index is 12.3. The Labute approximate surface area is 169 Å². The lowest BCUT2D eigenvalue weighted by atomic mass is 10.1. The van der Waals surface area contributed by atoms with Crippen molar-refractivity contribution in [3.8, 4) is 11.5 Å². The van der Waals surface area contributed by atoms with Gasteiger partial charge in [-0.05, 0) is 53.0 Å². The highest BCUT2D eigenvalue weighted by atomic mass is 79.9. The second kappa shape index (κ2) is 8.12. The maximum absolute atomic E-state index is 12.3. The fourth-order valence-electron chi connectivity index (χ4n) is 2.71. The summed E-state index contributed by atoms with van der Waals surface area (Å²) in [4.78, 5) is 16.7. The molecular formula is C18H19BrN4O3S. The standard InChI is InChI=1S/C18H19BrN4O3S/c1-9-4-10(2)17(12(19)5-9)26-8-15(24)21-11-6-13(25-3)16-14(7-11)27-18(22-16)23-20/h4-7H,8,20H2,1-3H3,(H,21,24)(H,22,23). The van der Waals surface area contributed by atoms with Crippen molar-refractivity contribution in [1.29, 1.82) is 0 Å². The molecule has 7 nitrogen and oxygen atoms in total. The average molecular weight is 451 g/mol. The molecule has 0 spiro atoms. The average Bonchev–Trinajstić information content (AvgIpc) is 3.03. The first-order valence-electron chi connectivity index (χ1n) is 8.06. The van der Waals surface area contributed by atoms with E-state index in [2.05, 4.69) is 31.7 Å². The van der Waals surface area contributed by atoms with Crippen LogP contribution in [0.3, 0.4) is 0 Å². The number of amides is 1. The van der Waals surface area contributed by atoms with Crippen molar-refractivity contribution in [1.82, 2.24) is 4.98 Å². The van der Waals surface area contributed by atoms with E-state index in [9.17, 15) is 4.79 Å². The molecule has 3 rings (SSSR count). The lowest BCUT2D eigenvalue weighted by molar-refractivity contribution is -0.118. The van der Waals surface area contributed by atoms with Crippen molar-refractivity contribution in [2.75, 3.05) is 24.5 Å². The second-order valence-electron chi connectivity index (χ2n) is 5.92. The van der Waals surface area contributed by atoms with Crippen LogP contribution in [0.1, 0.15) is 11.1 Å². The first-order valence-corrected chi connectivity index (χ1v) is 9.66. The van der Waals surface area contributed by atoms with Gasteiger partial charge in [0.05, 0.1) is 16.3 Å². The van der Waals surface area contributed by atoms with Crippen LogP contribution in [0, 0.1) is 13.8 Å². The first-order chi connectivity index (χ1) is 12.9. The molecule has 0 saturated carbocycles. The van der Waals surface area contributed by atoms with Crippen LogP contribution in [0.15, 0.2) is 28.7 Å². The van der Waals surface area contributed by atoms with Gasteiger partial charge in [0.25, 0.3) is 5.91 Å². The Morgan fingerprint density at radius 2 is 2.07 bits per heavy atom. The van der Waals surface area contributed by atoms with E-state index in [4.69, 9.17) is 15.3 Å². The Hall–Kier alpha value is -2.36. The molecule has 27 heavy (non-hydrogen) atoms. The molecule has 0 aliphatic heterocycles. The molecule has 0 atom stereocenters. The molecule has 0 radical (unpaired) electrons. The summed E-state index contributed by atoms with van der Waals surface area (Å²) in [6.07, 6.45) is 0. The lowest BCUT2D eigenvalue weighted by Gasteiger charge is -2.12. The molecule has 9 heteroatoms. The number of fused-ring (bicyclic) bond motifs is 1. The van der Waals surface area contributed by atoms with E-state index in [1.807, 2.05) is 32.0 Å². The van der Waals surface area contributed by atoms with Gasteiger partial charge < -0.3 is 14.8 Å². The summed E-state index contributed by atoms with van der Waals surface area (Å²) in [6, 6.07) is 7.49. The third-order valence-corrected chi connectivity index (χ3v) is 5.33. The van der Waals surface area contributed by atoms with Gasteiger partial charge in [0.2, 0.25) is 0 Å². The SMILES string of the molecule is COc1cc(NC(=O)COc2c(C)cc(C)cc2Br)cc2sc(NN)nc12. The minimum atomic E-state index is -0.273. The molecule has 1 aromatic heterocycles. The van der Waals surface area contributed by atoms with Gasteiger partial charge in [-0.25, -0.2) is 10.8 Å². The summed E-state index contributed by atoms with van der Waals surface area (Å²) < 4.78 is 12.7. The zero-order valence-corrected chi connectivity index (χ0v) is 17.5. The Morgan fingerprint density at radius 3 is 2.74 bits per heavy atom. The van der Waals surface area contributed by atoms with Crippen LogP contribution < -0.4 is 26.1 Å². The van der Waals surface area contributed by atoms with Crippen molar-refractivity contribution in [2.24, 2.45) is 5.84 Å². The highest BCUT2D eigenvalue weighted by molar-refractivity contribution is 9.10. The number of halogens is 1. The molecule has 0 saturated heterocycles. The third-order valence-electron chi connectivity index (χ3n) is 3.81. The molecule has 0 aliphatic carbocycles. The quantitative estimate of drug-likeness (QED) is 0.387. The predicted molar refractivity (Wildman–Crippen MR) is 112 cm³/mol. The minimum absolute atomic E-state index is 0.110. The van der Waals surface area contributed by atoms with Gasteiger partial charge >= 0.3 is 0 Å². The molecule has 0 unspecified atom stereocenters. The smallest absolute Gasteiger partial charge is 0.262 e. The van der Waals surface area contributed by atoms with Crippen LogP contribution in [0.2, 0.25) is 0 Å². The van der Waals surface area contributed by atoms with Crippen molar-refractivity contribution in [3.05, 3.63) is 39.9 Å². The van der Waals surface area contributed by atoms with Gasteiger partial charge in [0.1, 0.15) is 17.0 Å². The van der Waals surface area contributed by atoms with Gasteiger partial charge in [-0.1, -0.05) is 17.4 Å². The Morgan fingerprint density at radius 1 is 1.30 bits per heavy atom. The van der Waals surface area contributed by atoms with Crippen molar-refractivity contribution >= 4 is 54.2 Å². The number of aromatic nitrogens is 1. The van der Waals surface area contributed by atoms with Crippen LogP contribution in [-0.2, 0) is 4.79 Å². The van der Waals surface area contributed by atoms with Crippen molar-refractivity contribution in [3.63, 3.8) is 0 Å². The zero-order valence-electron chi connectivity index (χ0n) is 15.1. The number of nitrogens with two attached hydrogens (primary N) is 1. The Bertz CT molecular complexity index is 983. The number of nitrogens with zero attached hydrogens (tertiary/aromatic N) is 1. The highest BCUT2D eigenvalue weighted by Gasteiger charge is 2.13. The van der Waals surface area contributed by atoms with Crippen LogP contribution >= 0.6 is 27.3 Å². The largest absolute Gasteiger partial charge is 0.494 e. The zero-order chi connectivity index (χ0) is 19.6. The number of hydrazine groups is 1. The van der Waals surface area contributed by atoms with Gasteiger partial charge in [-0.2, -0.15) is 0 Å². The van der Waals surface area contributed by atoms with E-state index in [0.29, 0.717) is 27.8 Å². The minimum Gasteiger partial charge on any atom is -0.494 e. The first kappa shape index (κ1) is 19.4. The number of hydrogen-bond donors (Lipinski definition) is 3. The Kier molecular flexibility index (Phi) is 5.83. The number of carbonyl (C=O) groups excluding carboxylic acids is 1. The number of nitrogen functional groups attached to an aromatic ring is 1. The summed E-state index contributed by atoms with van der Waals surface area (Å²) in [5, 5.41) is 3.39. The summed E-state index contributed by atoms with van der Waals surface area (Å²) in [7, 11) is 1.55. The molecule has 2 aromatic carbocycles. The van der Waals surface area contributed by atoms with Gasteiger partial charge in [-0.3, -0.25) is 10.2 Å². The van der Waals surface area contributed by atoms with E-state index in [-0.39, 0.29) is 12.5 Å². The number of aryl methyl sites for hydroxylation is 2. The van der Waals surface area contributed by atoms with Gasteiger partial charge in [0, 0.05) is 11.8 Å². The van der Waals surface area contributed by atoms with E-state index < -0.39 is 0 Å². The van der Waals surface area contributed by atoms with E-state index in [0.717, 1.165) is 20.3 Å². The summed E-state index contributed by atoms with van der Waals surface area (Å²) in [6.45, 7) is 3.83. The topological polar surface area (TPSA) is 98.5 Å². The number of anilines is 2. The summed E-state index contributed by atoms with van der Waals surface area (Å²) in [5.41, 5.74) is 5.88. The number of hydrogen-bond acceptors (Lipinski definition) is 7. The molecule has 4 N–H and O–H groups in total. The van der Waals surface area contributed by atoms with E-state index >= 15 is 0 Å². The number of thiazole rings is 1. The molecule has 1 amide bonds. The summed E-state index contributed by atoms with van der Waals surface area (Å²) >= 11 is 4.84. The molecular weight excluding hydrogens is 432 g/mol. The van der Waals surface area contributed by atoms with E-state index in [1.54, 1.807) is 13.2 Å². The molecule has 142 valence electrons. The number of ether oxygens (including phenoxy) is 2. The van der Waals surface area contributed by atoms with Crippen LogP contribution in [0.5, 0.6) is 11.5 Å². The van der Waals surface area contributed by atoms with Crippen molar-refractivity contribution in [2.45, 2.75) is 13.8 Å². The number of methoxy groups -OCH3 is 1. The van der Waals surface area contributed by atoms with Crippen LogP contribution in [-0.4, -0.2) is 24.6 Å². The second-order valence-corrected chi connectivity index (χ2v) is 7.80. The molecule has 0 bridgehead atoms. The highest BCUT2D eigenvalue weighted by Crippen LogP contribution is 2.35. The number of benzene rings is 2. The van der Waals surface area contributed by atoms with Crippen molar-refractivity contribution < 1.29 is 14.3 Å². The number of rotatable bonds is 6. The fraction of sp³-hybridized carbons (Fsp3) is 0.222. The third kappa shape index (κ3) is 4.32. The fourth-order valence-corrected chi connectivity index (χ4v) is 4.33. The maximum Gasteiger partial charge on any atom is 0.262 e. The normalized spacial score (nSPS) is 10.7. The molecule has 1 heterocycles. The monoisotopic (exact) mass is 450 g/mol. The van der Waals surface area contributed by atoms with Crippen LogP contribution in [0.4, 0.5) is 10.8 Å². The van der Waals surface area contributed by atoms with E-state index in [1.165, 1.54) is 11.3 Å². The van der Waals surface area contributed by atoms with Gasteiger partial charge in [-0.15, -0.1) is 0 Å². The predicted octanol–water partition coefficient (Wildman–Crippen LogP) is 3.99. The molecule has 0 fully saturated rings. The van der Waals surface area contributed by atoms with Crippen LogP contribution in [0.25, 0.3) is 10.2 Å². The van der Waals surface area contributed by atoms with Gasteiger partial charge in [0.15, 0.2) is 11.7 Å².